The van der Waals surface area contributed by atoms with E-state index >= 15 is 0 Å². The molecule has 0 fully saturated rings. The summed E-state index contributed by atoms with van der Waals surface area (Å²) in [5.41, 5.74) is 2.54. The summed E-state index contributed by atoms with van der Waals surface area (Å²) in [6.07, 6.45) is 2.90. The van der Waals surface area contributed by atoms with E-state index in [1.807, 2.05) is 31.2 Å². The zero-order chi connectivity index (χ0) is 18.5. The number of aryl methyl sites for hydroxylation is 1. The van der Waals surface area contributed by atoms with Crippen molar-refractivity contribution in [3.63, 3.8) is 0 Å². The number of amides is 1. The lowest BCUT2D eigenvalue weighted by atomic mass is 10.2. The van der Waals surface area contributed by atoms with Crippen molar-refractivity contribution in [3.8, 4) is 5.75 Å². The lowest BCUT2D eigenvalue weighted by molar-refractivity contribution is 0.102. The molecule has 0 atom stereocenters. The summed E-state index contributed by atoms with van der Waals surface area (Å²) in [6, 6.07) is 12.8. The van der Waals surface area contributed by atoms with E-state index in [2.05, 4.69) is 20.6 Å². The molecule has 0 aliphatic rings. The van der Waals surface area contributed by atoms with E-state index < -0.39 is 0 Å². The Kier molecular flexibility index (Phi) is 5.34. The first-order valence-electron chi connectivity index (χ1n) is 7.86. The van der Waals surface area contributed by atoms with Gasteiger partial charge in [-0.15, -0.1) is 0 Å². The van der Waals surface area contributed by atoms with E-state index in [1.54, 1.807) is 25.3 Å². The molecule has 1 heterocycles. The second-order valence-corrected chi connectivity index (χ2v) is 5.94. The van der Waals surface area contributed by atoms with Crippen molar-refractivity contribution in [3.05, 3.63) is 71.1 Å². The van der Waals surface area contributed by atoms with Gasteiger partial charge in [-0.2, -0.15) is 0 Å². The van der Waals surface area contributed by atoms with Crippen LogP contribution in [0.3, 0.4) is 0 Å². The van der Waals surface area contributed by atoms with Crippen LogP contribution in [0.1, 0.15) is 16.1 Å². The summed E-state index contributed by atoms with van der Waals surface area (Å²) in [6.45, 7) is 1.90. The van der Waals surface area contributed by atoms with Crippen LogP contribution in [0.4, 0.5) is 17.2 Å². The Hall–Kier alpha value is -3.12. The number of ether oxygens (including phenoxy) is 1. The standard InChI is InChI=1S/C19H17ClN4O2/c1-12-8-15(17(26-2)9-14(12)20)24-18-11-21-16(10-22-18)19(25)23-13-6-4-3-5-7-13/h3-11H,1-2H3,(H,22,24)(H,23,25). The van der Waals surface area contributed by atoms with E-state index in [-0.39, 0.29) is 11.6 Å². The zero-order valence-electron chi connectivity index (χ0n) is 14.3. The average molecular weight is 369 g/mol. The molecule has 0 bridgehead atoms. The van der Waals surface area contributed by atoms with Gasteiger partial charge in [0.1, 0.15) is 17.3 Å². The van der Waals surface area contributed by atoms with Crippen molar-refractivity contribution in [2.45, 2.75) is 6.92 Å². The third kappa shape index (κ3) is 4.10. The lowest BCUT2D eigenvalue weighted by Crippen LogP contribution is -2.14. The largest absolute Gasteiger partial charge is 0.495 e. The summed E-state index contributed by atoms with van der Waals surface area (Å²) in [5.74, 6) is 0.754. The minimum atomic E-state index is -0.324. The van der Waals surface area contributed by atoms with E-state index in [9.17, 15) is 4.79 Å². The van der Waals surface area contributed by atoms with E-state index in [0.29, 0.717) is 28.0 Å². The number of nitrogens with one attached hydrogen (secondary N) is 2. The van der Waals surface area contributed by atoms with Crippen molar-refractivity contribution >= 4 is 34.7 Å². The Morgan fingerprint density at radius 1 is 1.12 bits per heavy atom. The average Bonchev–Trinajstić information content (AvgIpc) is 2.66. The van der Waals surface area contributed by atoms with Gasteiger partial charge in [-0.25, -0.2) is 9.97 Å². The van der Waals surface area contributed by atoms with Crippen molar-refractivity contribution < 1.29 is 9.53 Å². The summed E-state index contributed by atoms with van der Waals surface area (Å²) in [7, 11) is 1.56. The number of hydrogen-bond acceptors (Lipinski definition) is 5. The van der Waals surface area contributed by atoms with Crippen molar-refractivity contribution in [2.75, 3.05) is 17.7 Å². The molecule has 0 saturated carbocycles. The second kappa shape index (κ2) is 7.84. The summed E-state index contributed by atoms with van der Waals surface area (Å²) < 4.78 is 5.32. The molecule has 0 spiro atoms. The van der Waals surface area contributed by atoms with Crippen molar-refractivity contribution in [1.82, 2.24) is 9.97 Å². The highest BCUT2D eigenvalue weighted by molar-refractivity contribution is 6.31. The van der Waals surface area contributed by atoms with Gasteiger partial charge in [0.25, 0.3) is 5.91 Å². The number of hydrogen-bond donors (Lipinski definition) is 2. The highest BCUT2D eigenvalue weighted by Gasteiger charge is 2.11. The maximum atomic E-state index is 12.2. The second-order valence-electron chi connectivity index (χ2n) is 5.53. The van der Waals surface area contributed by atoms with Gasteiger partial charge in [0.2, 0.25) is 0 Å². The molecule has 1 aromatic heterocycles. The van der Waals surface area contributed by atoms with Gasteiger partial charge in [0.15, 0.2) is 0 Å². The quantitative estimate of drug-likeness (QED) is 0.696. The van der Waals surface area contributed by atoms with Gasteiger partial charge < -0.3 is 15.4 Å². The van der Waals surface area contributed by atoms with Crippen LogP contribution < -0.4 is 15.4 Å². The molecule has 26 heavy (non-hydrogen) atoms. The fourth-order valence-electron chi connectivity index (χ4n) is 2.29. The minimum Gasteiger partial charge on any atom is -0.495 e. The summed E-state index contributed by atoms with van der Waals surface area (Å²) in [4.78, 5) is 20.6. The molecule has 3 rings (SSSR count). The van der Waals surface area contributed by atoms with Gasteiger partial charge in [-0.3, -0.25) is 4.79 Å². The molecule has 6 nitrogen and oxygen atoms in total. The Balaban J connectivity index is 1.74. The van der Waals surface area contributed by atoms with Crippen molar-refractivity contribution in [1.29, 1.82) is 0 Å². The SMILES string of the molecule is COc1cc(Cl)c(C)cc1Nc1cnc(C(=O)Nc2ccccc2)cn1. The normalized spacial score (nSPS) is 10.3. The Bertz CT molecular complexity index is 915. The molecule has 7 heteroatoms. The van der Waals surface area contributed by atoms with Crippen LogP contribution in [-0.2, 0) is 0 Å². The van der Waals surface area contributed by atoms with Gasteiger partial charge in [0, 0.05) is 16.8 Å². The number of carbonyl (C=O) groups is 1. The van der Waals surface area contributed by atoms with Crippen molar-refractivity contribution in [2.24, 2.45) is 0 Å². The Morgan fingerprint density at radius 3 is 2.54 bits per heavy atom. The minimum absolute atomic E-state index is 0.221. The molecule has 0 aliphatic carbocycles. The van der Waals surface area contributed by atoms with Crippen LogP contribution in [0.15, 0.2) is 54.9 Å². The smallest absolute Gasteiger partial charge is 0.275 e. The molecule has 0 radical (unpaired) electrons. The highest BCUT2D eigenvalue weighted by atomic mass is 35.5. The molecule has 3 aromatic rings. The summed E-state index contributed by atoms with van der Waals surface area (Å²) in [5, 5.41) is 6.50. The van der Waals surface area contributed by atoms with Gasteiger partial charge >= 0.3 is 0 Å². The first kappa shape index (κ1) is 17.7. The molecule has 0 saturated heterocycles. The molecule has 2 N–H and O–H groups in total. The Labute approximate surface area is 156 Å². The predicted octanol–water partition coefficient (Wildman–Crippen LogP) is 4.44. The first-order chi connectivity index (χ1) is 12.6. The molecular formula is C19H17ClN4O2. The number of rotatable bonds is 5. The van der Waals surface area contributed by atoms with Crippen LogP contribution >= 0.6 is 11.6 Å². The number of benzene rings is 2. The van der Waals surface area contributed by atoms with Gasteiger partial charge in [-0.1, -0.05) is 29.8 Å². The van der Waals surface area contributed by atoms with Crippen LogP contribution in [0.2, 0.25) is 5.02 Å². The fourth-order valence-corrected chi connectivity index (χ4v) is 2.45. The fraction of sp³-hybridized carbons (Fsp3) is 0.105. The van der Waals surface area contributed by atoms with E-state index in [0.717, 1.165) is 5.56 Å². The third-order valence-corrected chi connectivity index (χ3v) is 4.07. The zero-order valence-corrected chi connectivity index (χ0v) is 15.0. The maximum Gasteiger partial charge on any atom is 0.275 e. The number of anilines is 3. The molecule has 132 valence electrons. The number of aromatic nitrogens is 2. The maximum absolute atomic E-state index is 12.2. The lowest BCUT2D eigenvalue weighted by Gasteiger charge is -2.12. The first-order valence-corrected chi connectivity index (χ1v) is 8.24. The van der Waals surface area contributed by atoms with Gasteiger partial charge in [-0.05, 0) is 30.7 Å². The number of carbonyl (C=O) groups excluding carboxylic acids is 1. The predicted molar refractivity (Wildman–Crippen MR) is 102 cm³/mol. The molecule has 0 unspecified atom stereocenters. The summed E-state index contributed by atoms with van der Waals surface area (Å²) >= 11 is 6.11. The van der Waals surface area contributed by atoms with E-state index in [4.69, 9.17) is 16.3 Å². The molecule has 1 amide bonds. The number of nitrogens with zero attached hydrogens (tertiary/aromatic N) is 2. The Morgan fingerprint density at radius 2 is 1.88 bits per heavy atom. The molecule has 2 aromatic carbocycles. The van der Waals surface area contributed by atoms with E-state index in [1.165, 1.54) is 12.4 Å². The van der Waals surface area contributed by atoms with Crippen LogP contribution in [0.5, 0.6) is 5.75 Å². The third-order valence-electron chi connectivity index (χ3n) is 3.66. The molecule has 0 aliphatic heterocycles. The number of halogens is 1. The van der Waals surface area contributed by atoms with Crippen LogP contribution in [-0.4, -0.2) is 23.0 Å². The number of methoxy groups -OCH3 is 1. The monoisotopic (exact) mass is 368 g/mol. The topological polar surface area (TPSA) is 76.1 Å². The van der Waals surface area contributed by atoms with Gasteiger partial charge in [0.05, 0.1) is 25.2 Å². The molecular weight excluding hydrogens is 352 g/mol. The highest BCUT2D eigenvalue weighted by Crippen LogP contribution is 2.32. The number of para-hydroxylation sites is 1. The van der Waals surface area contributed by atoms with Crippen LogP contribution in [0, 0.1) is 6.92 Å². The van der Waals surface area contributed by atoms with Crippen LogP contribution in [0.25, 0.3) is 0 Å².